The molecule has 2 N–H and O–H groups in total. The Balaban J connectivity index is 1.97. The lowest BCUT2D eigenvalue weighted by Gasteiger charge is -2.02. The number of hydrogen-bond acceptors (Lipinski definition) is 2. The van der Waals surface area contributed by atoms with Gasteiger partial charge in [0.1, 0.15) is 0 Å². The number of thiophene rings is 1. The summed E-state index contributed by atoms with van der Waals surface area (Å²) < 4.78 is 3.16. The van der Waals surface area contributed by atoms with Gasteiger partial charge in [0.15, 0.2) is 0 Å². The zero-order chi connectivity index (χ0) is 13.9. The molecule has 0 aliphatic heterocycles. The van der Waals surface area contributed by atoms with Crippen LogP contribution in [0.25, 0.3) is 10.9 Å². The van der Waals surface area contributed by atoms with Crippen molar-refractivity contribution in [3.8, 4) is 0 Å². The second-order valence-corrected chi connectivity index (χ2v) is 6.70. The third-order valence-electron chi connectivity index (χ3n) is 3.48. The van der Waals surface area contributed by atoms with Gasteiger partial charge < -0.3 is 10.3 Å². The fourth-order valence-corrected chi connectivity index (χ4v) is 3.64. The standard InChI is InChI=1S/C16H17ClN2S/c17-16-8-7-13(20-16)11-19-10-12(4-3-9-18)14-5-1-2-6-15(14)19/h1-2,5-8,10H,3-4,9,11,18H2. The number of rotatable bonds is 5. The first-order valence-electron chi connectivity index (χ1n) is 6.79. The molecule has 2 aromatic heterocycles. The Labute approximate surface area is 127 Å². The van der Waals surface area contributed by atoms with Crippen LogP contribution >= 0.6 is 22.9 Å². The molecule has 0 spiro atoms. The van der Waals surface area contributed by atoms with Crippen LogP contribution in [0, 0.1) is 0 Å². The second kappa shape index (κ2) is 6.00. The van der Waals surface area contributed by atoms with Crippen molar-refractivity contribution in [1.82, 2.24) is 4.57 Å². The molecular weight excluding hydrogens is 288 g/mol. The van der Waals surface area contributed by atoms with Gasteiger partial charge in [-0.15, -0.1) is 11.3 Å². The van der Waals surface area contributed by atoms with Gasteiger partial charge in [-0.1, -0.05) is 29.8 Å². The van der Waals surface area contributed by atoms with E-state index >= 15 is 0 Å². The summed E-state index contributed by atoms with van der Waals surface area (Å²) in [6.45, 7) is 1.61. The summed E-state index contributed by atoms with van der Waals surface area (Å²) in [5.41, 5.74) is 8.30. The molecule has 0 atom stereocenters. The SMILES string of the molecule is NCCCc1cn(Cc2ccc(Cl)s2)c2ccccc12. The number of hydrogen-bond donors (Lipinski definition) is 1. The summed E-state index contributed by atoms with van der Waals surface area (Å²) in [5.74, 6) is 0. The monoisotopic (exact) mass is 304 g/mol. The lowest BCUT2D eigenvalue weighted by atomic mass is 10.1. The highest BCUT2D eigenvalue weighted by Gasteiger charge is 2.09. The van der Waals surface area contributed by atoms with Gasteiger partial charge in [0.2, 0.25) is 0 Å². The van der Waals surface area contributed by atoms with E-state index in [0.717, 1.165) is 30.3 Å². The maximum absolute atomic E-state index is 6.01. The van der Waals surface area contributed by atoms with Crippen LogP contribution in [0.4, 0.5) is 0 Å². The minimum Gasteiger partial charge on any atom is -0.342 e. The van der Waals surface area contributed by atoms with Gasteiger partial charge in [-0.25, -0.2) is 0 Å². The molecule has 2 nitrogen and oxygen atoms in total. The van der Waals surface area contributed by atoms with E-state index in [0.29, 0.717) is 0 Å². The number of aromatic nitrogens is 1. The largest absolute Gasteiger partial charge is 0.342 e. The zero-order valence-corrected chi connectivity index (χ0v) is 12.8. The Bertz CT molecular complexity index is 714. The number of para-hydroxylation sites is 1. The molecule has 0 aliphatic rings. The topological polar surface area (TPSA) is 30.9 Å². The predicted molar refractivity (Wildman–Crippen MR) is 87.7 cm³/mol. The van der Waals surface area contributed by atoms with Gasteiger partial charge in [0.05, 0.1) is 10.9 Å². The normalized spacial score (nSPS) is 11.3. The minimum absolute atomic E-state index is 0.736. The van der Waals surface area contributed by atoms with Crippen LogP contribution < -0.4 is 5.73 Å². The first-order chi connectivity index (χ1) is 9.78. The molecular formula is C16H17ClN2S. The Kier molecular flexibility index (Phi) is 4.10. The average molecular weight is 305 g/mol. The van der Waals surface area contributed by atoms with Gasteiger partial charge in [0.25, 0.3) is 0 Å². The van der Waals surface area contributed by atoms with E-state index in [9.17, 15) is 0 Å². The summed E-state index contributed by atoms with van der Waals surface area (Å²) in [4.78, 5) is 1.28. The van der Waals surface area contributed by atoms with E-state index in [4.69, 9.17) is 17.3 Å². The van der Waals surface area contributed by atoms with Crippen LogP contribution in [0.1, 0.15) is 16.9 Å². The first kappa shape index (κ1) is 13.7. The van der Waals surface area contributed by atoms with Crippen LogP contribution in [0.2, 0.25) is 4.34 Å². The van der Waals surface area contributed by atoms with Crippen molar-refractivity contribution in [2.45, 2.75) is 19.4 Å². The fourth-order valence-electron chi connectivity index (χ4n) is 2.55. The van der Waals surface area contributed by atoms with E-state index in [1.807, 2.05) is 6.07 Å². The van der Waals surface area contributed by atoms with Crippen molar-refractivity contribution in [3.05, 3.63) is 57.4 Å². The van der Waals surface area contributed by atoms with Crippen LogP contribution in [0.3, 0.4) is 0 Å². The maximum Gasteiger partial charge on any atom is 0.0931 e. The molecule has 2 heterocycles. The minimum atomic E-state index is 0.736. The van der Waals surface area contributed by atoms with E-state index < -0.39 is 0 Å². The number of benzene rings is 1. The molecule has 0 amide bonds. The summed E-state index contributed by atoms with van der Waals surface area (Å²) in [7, 11) is 0. The Morgan fingerprint density at radius 1 is 1.15 bits per heavy atom. The fraction of sp³-hybridized carbons (Fsp3) is 0.250. The quantitative estimate of drug-likeness (QED) is 0.748. The number of fused-ring (bicyclic) bond motifs is 1. The van der Waals surface area contributed by atoms with Crippen molar-refractivity contribution < 1.29 is 0 Å². The van der Waals surface area contributed by atoms with Gasteiger partial charge >= 0.3 is 0 Å². The zero-order valence-electron chi connectivity index (χ0n) is 11.2. The first-order valence-corrected chi connectivity index (χ1v) is 7.98. The Morgan fingerprint density at radius 2 is 2.00 bits per heavy atom. The number of nitrogens with two attached hydrogens (primary N) is 1. The van der Waals surface area contributed by atoms with Gasteiger partial charge in [-0.3, -0.25) is 0 Å². The molecule has 0 aliphatic carbocycles. The number of aryl methyl sites for hydroxylation is 1. The molecule has 20 heavy (non-hydrogen) atoms. The molecule has 4 heteroatoms. The summed E-state index contributed by atoms with van der Waals surface area (Å²) in [6.07, 6.45) is 4.32. The molecule has 0 saturated heterocycles. The van der Waals surface area contributed by atoms with E-state index in [2.05, 4.69) is 41.1 Å². The lowest BCUT2D eigenvalue weighted by molar-refractivity contribution is 0.812. The molecule has 0 bridgehead atoms. The molecule has 0 unspecified atom stereocenters. The molecule has 3 rings (SSSR count). The molecule has 0 radical (unpaired) electrons. The molecule has 104 valence electrons. The molecule has 0 saturated carbocycles. The van der Waals surface area contributed by atoms with Crippen molar-refractivity contribution in [2.24, 2.45) is 5.73 Å². The molecule has 0 fully saturated rings. The summed E-state index contributed by atoms with van der Waals surface area (Å²) in [5, 5.41) is 1.34. The highest BCUT2D eigenvalue weighted by molar-refractivity contribution is 7.16. The van der Waals surface area contributed by atoms with Gasteiger partial charge in [-0.05, 0) is 43.1 Å². The highest BCUT2D eigenvalue weighted by Crippen LogP contribution is 2.26. The van der Waals surface area contributed by atoms with Gasteiger partial charge in [-0.2, -0.15) is 0 Å². The molecule has 3 aromatic rings. The third kappa shape index (κ3) is 2.75. The predicted octanol–water partition coefficient (Wildman–Crippen LogP) is 4.30. The van der Waals surface area contributed by atoms with Gasteiger partial charge in [0, 0.05) is 22.0 Å². The van der Waals surface area contributed by atoms with Crippen molar-refractivity contribution in [2.75, 3.05) is 6.54 Å². The van der Waals surface area contributed by atoms with Crippen LogP contribution in [-0.4, -0.2) is 11.1 Å². The van der Waals surface area contributed by atoms with Crippen LogP contribution in [-0.2, 0) is 13.0 Å². The highest BCUT2D eigenvalue weighted by atomic mass is 35.5. The smallest absolute Gasteiger partial charge is 0.0931 e. The third-order valence-corrected chi connectivity index (χ3v) is 4.69. The Morgan fingerprint density at radius 3 is 2.75 bits per heavy atom. The van der Waals surface area contributed by atoms with E-state index in [1.54, 1.807) is 11.3 Å². The average Bonchev–Trinajstić information content (AvgIpc) is 3.02. The lowest BCUT2D eigenvalue weighted by Crippen LogP contribution is -2.00. The molecule has 1 aromatic carbocycles. The van der Waals surface area contributed by atoms with Crippen molar-refractivity contribution in [3.63, 3.8) is 0 Å². The van der Waals surface area contributed by atoms with E-state index in [-0.39, 0.29) is 0 Å². The number of nitrogens with zero attached hydrogens (tertiary/aromatic N) is 1. The van der Waals surface area contributed by atoms with Crippen LogP contribution in [0.5, 0.6) is 0 Å². The summed E-state index contributed by atoms with van der Waals surface area (Å²) in [6, 6.07) is 12.6. The second-order valence-electron chi connectivity index (χ2n) is 4.90. The maximum atomic E-state index is 6.01. The van der Waals surface area contributed by atoms with Crippen molar-refractivity contribution >= 4 is 33.8 Å². The number of halogens is 1. The van der Waals surface area contributed by atoms with Crippen molar-refractivity contribution in [1.29, 1.82) is 0 Å². The van der Waals surface area contributed by atoms with Crippen LogP contribution in [0.15, 0.2) is 42.6 Å². The van der Waals surface area contributed by atoms with E-state index in [1.165, 1.54) is 21.3 Å². The Hall–Kier alpha value is -1.29. The summed E-state index contributed by atoms with van der Waals surface area (Å²) >= 11 is 7.66.